The van der Waals surface area contributed by atoms with Crippen molar-refractivity contribution >= 4 is 11.9 Å². The van der Waals surface area contributed by atoms with Gasteiger partial charge in [0, 0.05) is 30.4 Å². The lowest BCUT2D eigenvalue weighted by Gasteiger charge is -2.37. The second-order valence-corrected chi connectivity index (χ2v) is 7.43. The van der Waals surface area contributed by atoms with Crippen LogP contribution in [0.3, 0.4) is 0 Å². The van der Waals surface area contributed by atoms with E-state index >= 15 is 0 Å². The number of aliphatic carboxylic acids is 2. The lowest BCUT2D eigenvalue weighted by atomic mass is 9.72. The molecule has 0 radical (unpaired) electrons. The van der Waals surface area contributed by atoms with Crippen molar-refractivity contribution in [2.75, 3.05) is 13.2 Å². The number of carboxylic acid groups (broad SMARTS) is 2. The highest BCUT2D eigenvalue weighted by Gasteiger charge is 2.60. The van der Waals surface area contributed by atoms with Crippen LogP contribution < -0.4 is 10.2 Å². The van der Waals surface area contributed by atoms with Crippen LogP contribution in [0, 0.1) is 11.8 Å². The van der Waals surface area contributed by atoms with Crippen molar-refractivity contribution in [2.24, 2.45) is 11.8 Å². The van der Waals surface area contributed by atoms with Crippen LogP contribution in [0.15, 0.2) is 0 Å². The molecule has 0 amide bonds. The zero-order chi connectivity index (χ0) is 18.3. The highest BCUT2D eigenvalue weighted by atomic mass is 16.6. The standard InChI is InChI=1S/C19H32O6/c1-2-3-4-5-6-7-8-9-12-24-13-19-11-10-14(25-19)15(17(20)21)16(19)18(22)23/h14-16H,2-13H2,1H3,(H,20,21)(H,22,23)/p-2/t14-,15?,16?,19-/m1/s1. The predicted octanol–water partition coefficient (Wildman–Crippen LogP) is 0.807. The Morgan fingerprint density at radius 3 is 2.28 bits per heavy atom. The molecule has 0 N–H and O–H groups in total. The number of fused-ring (bicyclic) bond motifs is 2. The molecule has 2 bridgehead atoms. The first kappa shape index (κ1) is 20.2. The van der Waals surface area contributed by atoms with Gasteiger partial charge in [-0.1, -0.05) is 51.9 Å². The molecule has 0 aromatic carbocycles. The minimum atomic E-state index is -1.38. The lowest BCUT2D eigenvalue weighted by molar-refractivity contribution is -0.328. The maximum Gasteiger partial charge on any atom is 0.101 e. The molecule has 144 valence electrons. The molecule has 0 aromatic heterocycles. The summed E-state index contributed by atoms with van der Waals surface area (Å²) in [5, 5.41) is 22.7. The van der Waals surface area contributed by atoms with Gasteiger partial charge in [0.1, 0.15) is 5.60 Å². The van der Waals surface area contributed by atoms with Crippen molar-refractivity contribution < 1.29 is 29.3 Å². The fourth-order valence-corrected chi connectivity index (χ4v) is 4.26. The summed E-state index contributed by atoms with van der Waals surface area (Å²) >= 11 is 0. The summed E-state index contributed by atoms with van der Waals surface area (Å²) in [6, 6.07) is 0. The van der Waals surface area contributed by atoms with Crippen LogP contribution >= 0.6 is 0 Å². The molecule has 0 spiro atoms. The molecule has 6 nitrogen and oxygen atoms in total. The van der Waals surface area contributed by atoms with Crippen molar-refractivity contribution in [3.63, 3.8) is 0 Å². The maximum atomic E-state index is 11.5. The van der Waals surface area contributed by atoms with E-state index in [1.54, 1.807) is 0 Å². The second-order valence-electron chi connectivity index (χ2n) is 7.43. The Morgan fingerprint density at radius 1 is 1.04 bits per heavy atom. The molecule has 2 heterocycles. The molecular formula is C19H30O6-2. The summed E-state index contributed by atoms with van der Waals surface area (Å²) in [5.74, 6) is -5.07. The Morgan fingerprint density at radius 2 is 1.68 bits per heavy atom. The van der Waals surface area contributed by atoms with Gasteiger partial charge in [-0.25, -0.2) is 0 Å². The number of unbranched alkanes of at least 4 members (excludes halogenated alkanes) is 7. The van der Waals surface area contributed by atoms with E-state index in [2.05, 4.69) is 6.92 Å². The molecule has 2 fully saturated rings. The van der Waals surface area contributed by atoms with Gasteiger partial charge in [0.15, 0.2) is 0 Å². The quantitative estimate of drug-likeness (QED) is 0.454. The van der Waals surface area contributed by atoms with Crippen LogP contribution in [0.4, 0.5) is 0 Å². The first-order chi connectivity index (χ1) is 12.0. The number of rotatable bonds is 13. The van der Waals surface area contributed by atoms with Gasteiger partial charge in [0.25, 0.3) is 0 Å². The van der Waals surface area contributed by atoms with E-state index < -0.39 is 35.5 Å². The minimum absolute atomic E-state index is 0.114. The van der Waals surface area contributed by atoms with Crippen molar-refractivity contribution in [3.05, 3.63) is 0 Å². The molecule has 2 aliphatic rings. The Hall–Kier alpha value is -1.14. The Kier molecular flexibility index (Phi) is 7.69. The molecule has 0 aliphatic carbocycles. The smallest absolute Gasteiger partial charge is 0.101 e. The summed E-state index contributed by atoms with van der Waals surface area (Å²) in [5.41, 5.74) is -1.06. The molecule has 6 heteroatoms. The lowest BCUT2D eigenvalue weighted by Crippen LogP contribution is -2.54. The van der Waals surface area contributed by atoms with Gasteiger partial charge >= 0.3 is 0 Å². The van der Waals surface area contributed by atoms with Crippen LogP contribution in [0.2, 0.25) is 0 Å². The minimum Gasteiger partial charge on any atom is -0.550 e. The third-order valence-corrected chi connectivity index (χ3v) is 5.58. The molecule has 25 heavy (non-hydrogen) atoms. The van der Waals surface area contributed by atoms with E-state index in [-0.39, 0.29) is 6.61 Å². The maximum absolute atomic E-state index is 11.5. The Balaban J connectivity index is 1.68. The first-order valence-corrected chi connectivity index (χ1v) is 9.69. The summed E-state index contributed by atoms with van der Waals surface area (Å²) in [4.78, 5) is 22.7. The zero-order valence-electron chi connectivity index (χ0n) is 15.2. The average molecular weight is 354 g/mol. The molecular weight excluding hydrogens is 324 g/mol. The average Bonchev–Trinajstić information content (AvgIpc) is 3.12. The summed E-state index contributed by atoms with van der Waals surface area (Å²) in [6.45, 7) is 2.86. The molecule has 0 saturated carbocycles. The second kappa shape index (κ2) is 9.53. The van der Waals surface area contributed by atoms with E-state index in [0.29, 0.717) is 19.4 Å². The van der Waals surface area contributed by atoms with Crippen LogP contribution in [-0.2, 0) is 19.1 Å². The van der Waals surface area contributed by atoms with E-state index in [9.17, 15) is 19.8 Å². The van der Waals surface area contributed by atoms with E-state index in [1.807, 2.05) is 0 Å². The van der Waals surface area contributed by atoms with Gasteiger partial charge < -0.3 is 29.3 Å². The van der Waals surface area contributed by atoms with Gasteiger partial charge in [-0.15, -0.1) is 0 Å². The number of carbonyl (C=O) groups is 2. The predicted molar refractivity (Wildman–Crippen MR) is 87.3 cm³/mol. The van der Waals surface area contributed by atoms with E-state index in [4.69, 9.17) is 9.47 Å². The third kappa shape index (κ3) is 4.94. The van der Waals surface area contributed by atoms with E-state index in [1.165, 1.54) is 38.5 Å². The van der Waals surface area contributed by atoms with Crippen LogP contribution in [-0.4, -0.2) is 36.9 Å². The molecule has 4 atom stereocenters. The number of hydrogen-bond acceptors (Lipinski definition) is 6. The number of carboxylic acids is 2. The topological polar surface area (TPSA) is 98.7 Å². The van der Waals surface area contributed by atoms with E-state index in [0.717, 1.165) is 12.8 Å². The Bertz CT molecular complexity index is 451. The normalized spacial score (nSPS) is 30.7. The van der Waals surface area contributed by atoms with Crippen molar-refractivity contribution in [3.8, 4) is 0 Å². The third-order valence-electron chi connectivity index (χ3n) is 5.58. The van der Waals surface area contributed by atoms with Gasteiger partial charge in [0.05, 0.1) is 12.7 Å². The monoisotopic (exact) mass is 354 g/mol. The first-order valence-electron chi connectivity index (χ1n) is 9.69. The molecule has 2 rings (SSSR count). The molecule has 0 aromatic rings. The molecule has 2 saturated heterocycles. The van der Waals surface area contributed by atoms with Crippen molar-refractivity contribution in [2.45, 2.75) is 82.8 Å². The Labute approximate surface area is 149 Å². The van der Waals surface area contributed by atoms with Crippen LogP contribution in [0.5, 0.6) is 0 Å². The fourth-order valence-electron chi connectivity index (χ4n) is 4.26. The highest BCUT2D eigenvalue weighted by Crippen LogP contribution is 2.51. The highest BCUT2D eigenvalue weighted by molar-refractivity contribution is 5.81. The van der Waals surface area contributed by atoms with Gasteiger partial charge in [-0.2, -0.15) is 0 Å². The largest absolute Gasteiger partial charge is 0.550 e. The van der Waals surface area contributed by atoms with Gasteiger partial charge in [-0.05, 0) is 19.3 Å². The zero-order valence-corrected chi connectivity index (χ0v) is 15.2. The number of carbonyl (C=O) groups excluding carboxylic acids is 2. The van der Waals surface area contributed by atoms with Gasteiger partial charge in [0.2, 0.25) is 0 Å². The van der Waals surface area contributed by atoms with Crippen molar-refractivity contribution in [1.29, 1.82) is 0 Å². The van der Waals surface area contributed by atoms with Crippen LogP contribution in [0.1, 0.15) is 71.1 Å². The number of ether oxygens (including phenoxy) is 2. The SMILES string of the molecule is CCCCCCCCCCOC[C@@]12CC[C@@H](O1)C(C(=O)[O-])C2C(=O)[O-]. The number of hydrogen-bond donors (Lipinski definition) is 0. The fraction of sp³-hybridized carbons (Fsp3) is 0.895. The summed E-state index contributed by atoms with van der Waals surface area (Å²) < 4.78 is 11.4. The summed E-state index contributed by atoms with van der Waals surface area (Å²) in [6.07, 6.45) is 10.0. The molecule has 2 unspecified atom stereocenters. The molecule has 2 aliphatic heterocycles. The summed E-state index contributed by atoms with van der Waals surface area (Å²) in [7, 11) is 0. The van der Waals surface area contributed by atoms with Gasteiger partial charge in [-0.3, -0.25) is 0 Å². The van der Waals surface area contributed by atoms with Crippen molar-refractivity contribution in [1.82, 2.24) is 0 Å². The van der Waals surface area contributed by atoms with Crippen LogP contribution in [0.25, 0.3) is 0 Å².